The van der Waals surface area contributed by atoms with Gasteiger partial charge in [0.25, 0.3) is 0 Å². The summed E-state index contributed by atoms with van der Waals surface area (Å²) in [7, 11) is 0. The number of rotatable bonds is 6. The summed E-state index contributed by atoms with van der Waals surface area (Å²) in [4.78, 5) is 36.3. The highest BCUT2D eigenvalue weighted by molar-refractivity contribution is 6.09. The first-order chi connectivity index (χ1) is 14.5. The minimum atomic E-state index is -0.399. The van der Waals surface area contributed by atoms with Crippen molar-refractivity contribution in [3.05, 3.63) is 94.8 Å². The normalized spacial score (nSPS) is 12.6. The second-order valence-corrected chi connectivity index (χ2v) is 6.99. The number of benzene rings is 3. The molecule has 1 aliphatic rings. The monoisotopic (exact) mass is 403 g/mol. The molecule has 30 heavy (non-hydrogen) atoms. The Morgan fingerprint density at radius 3 is 2.20 bits per heavy atom. The number of ether oxygens (including phenoxy) is 1. The van der Waals surface area contributed by atoms with Gasteiger partial charge in [0, 0.05) is 28.8 Å². The molecule has 3 aromatic rings. The van der Waals surface area contributed by atoms with Crippen molar-refractivity contribution in [3.8, 4) is 5.75 Å². The average Bonchev–Trinajstić information content (AvgIpc) is 2.77. The highest BCUT2D eigenvalue weighted by Crippen LogP contribution is 2.24. The van der Waals surface area contributed by atoms with Gasteiger partial charge in [-0.25, -0.2) is 4.39 Å². The topological polar surface area (TPSA) is 72.5 Å². The molecule has 1 amide bonds. The molecular formula is C24H18FNO4. The molecule has 1 heterocycles. The predicted molar refractivity (Wildman–Crippen MR) is 109 cm³/mol. The SMILES string of the molecule is O=C1CCc2cc(C(=O)COc3ccc(C(=O)c4ccc(F)cc4)cc3)ccc2N1. The Hall–Kier alpha value is -3.80. The highest BCUT2D eigenvalue weighted by Gasteiger charge is 2.17. The number of ketones is 2. The first-order valence-electron chi connectivity index (χ1n) is 9.49. The Bertz CT molecular complexity index is 1120. The van der Waals surface area contributed by atoms with E-state index in [9.17, 15) is 18.8 Å². The van der Waals surface area contributed by atoms with Crippen molar-refractivity contribution in [2.45, 2.75) is 12.8 Å². The van der Waals surface area contributed by atoms with E-state index in [0.29, 0.717) is 35.3 Å². The predicted octanol–water partition coefficient (Wildman–Crippen LogP) is 4.20. The van der Waals surface area contributed by atoms with Crippen LogP contribution in [-0.4, -0.2) is 24.1 Å². The van der Waals surface area contributed by atoms with E-state index in [1.165, 1.54) is 24.3 Å². The lowest BCUT2D eigenvalue weighted by Gasteiger charge is -2.17. The standard InChI is InChI=1S/C24H18FNO4/c25-19-7-1-15(2-8-19)24(29)16-3-9-20(10-4-16)30-14-22(27)18-5-11-21-17(13-18)6-12-23(28)26-21/h1-5,7-11,13H,6,12,14H2,(H,26,28). The lowest BCUT2D eigenvalue weighted by Crippen LogP contribution is -2.20. The number of carbonyl (C=O) groups is 3. The second kappa shape index (κ2) is 8.29. The van der Waals surface area contributed by atoms with E-state index in [2.05, 4.69) is 5.32 Å². The highest BCUT2D eigenvalue weighted by atomic mass is 19.1. The Morgan fingerprint density at radius 2 is 1.50 bits per heavy atom. The number of carbonyl (C=O) groups excluding carboxylic acids is 3. The summed E-state index contributed by atoms with van der Waals surface area (Å²) in [5.41, 5.74) is 3.03. The lowest BCUT2D eigenvalue weighted by atomic mass is 9.99. The van der Waals surface area contributed by atoms with E-state index in [1.807, 2.05) is 0 Å². The number of fused-ring (bicyclic) bond motifs is 1. The minimum absolute atomic E-state index is 0.0220. The van der Waals surface area contributed by atoms with Gasteiger partial charge in [-0.3, -0.25) is 14.4 Å². The largest absolute Gasteiger partial charge is 0.485 e. The van der Waals surface area contributed by atoms with Crippen molar-refractivity contribution < 1.29 is 23.5 Å². The summed E-state index contributed by atoms with van der Waals surface area (Å²) in [6.45, 7) is -0.142. The first kappa shape index (κ1) is 19.5. The molecule has 3 aromatic carbocycles. The van der Waals surface area contributed by atoms with Gasteiger partial charge in [0.1, 0.15) is 11.6 Å². The third-order valence-electron chi connectivity index (χ3n) is 4.92. The maximum atomic E-state index is 13.0. The van der Waals surface area contributed by atoms with Crippen molar-refractivity contribution in [1.29, 1.82) is 0 Å². The van der Waals surface area contributed by atoms with Gasteiger partial charge in [-0.1, -0.05) is 0 Å². The molecule has 4 rings (SSSR count). The molecule has 0 saturated carbocycles. The van der Waals surface area contributed by atoms with E-state index in [1.54, 1.807) is 42.5 Å². The van der Waals surface area contributed by atoms with E-state index < -0.39 is 5.82 Å². The molecule has 0 atom stereocenters. The second-order valence-electron chi connectivity index (χ2n) is 6.99. The fourth-order valence-corrected chi connectivity index (χ4v) is 3.26. The maximum absolute atomic E-state index is 13.0. The number of aryl methyl sites for hydroxylation is 1. The zero-order valence-electron chi connectivity index (χ0n) is 16.0. The van der Waals surface area contributed by atoms with Gasteiger partial charge in [0.05, 0.1) is 0 Å². The Balaban J connectivity index is 1.38. The molecule has 0 aliphatic carbocycles. The summed E-state index contributed by atoms with van der Waals surface area (Å²) >= 11 is 0. The third kappa shape index (κ3) is 4.27. The molecular weight excluding hydrogens is 385 g/mol. The summed E-state index contributed by atoms with van der Waals surface area (Å²) in [5, 5.41) is 2.79. The van der Waals surface area contributed by atoms with Crippen LogP contribution in [0.5, 0.6) is 5.75 Å². The van der Waals surface area contributed by atoms with Crippen LogP contribution in [-0.2, 0) is 11.2 Å². The van der Waals surface area contributed by atoms with Crippen LogP contribution in [0.2, 0.25) is 0 Å². The summed E-state index contributed by atoms with van der Waals surface area (Å²) in [6.07, 6.45) is 1.01. The zero-order valence-corrected chi connectivity index (χ0v) is 16.0. The third-order valence-corrected chi connectivity index (χ3v) is 4.92. The molecule has 1 N–H and O–H groups in total. The maximum Gasteiger partial charge on any atom is 0.224 e. The molecule has 0 spiro atoms. The summed E-state index contributed by atoms with van der Waals surface area (Å²) in [5.74, 6) is -0.362. The number of halogens is 1. The van der Waals surface area contributed by atoms with Gasteiger partial charge >= 0.3 is 0 Å². The van der Waals surface area contributed by atoms with E-state index in [0.717, 1.165) is 11.3 Å². The molecule has 0 fully saturated rings. The Labute approximate surface area is 172 Å². The van der Waals surface area contributed by atoms with Gasteiger partial charge in [-0.05, 0) is 78.7 Å². The smallest absolute Gasteiger partial charge is 0.224 e. The number of amides is 1. The fraction of sp³-hybridized carbons (Fsp3) is 0.125. The van der Waals surface area contributed by atoms with Crippen LogP contribution in [0.15, 0.2) is 66.7 Å². The van der Waals surface area contributed by atoms with Crippen molar-refractivity contribution in [1.82, 2.24) is 0 Å². The van der Waals surface area contributed by atoms with Crippen molar-refractivity contribution in [2.24, 2.45) is 0 Å². The van der Waals surface area contributed by atoms with Crippen molar-refractivity contribution in [2.75, 3.05) is 11.9 Å². The van der Waals surface area contributed by atoms with Crippen LogP contribution < -0.4 is 10.1 Å². The molecule has 5 nitrogen and oxygen atoms in total. The van der Waals surface area contributed by atoms with Crippen LogP contribution in [0.3, 0.4) is 0 Å². The molecule has 0 radical (unpaired) electrons. The molecule has 150 valence electrons. The van der Waals surface area contributed by atoms with Gasteiger partial charge in [0.15, 0.2) is 18.2 Å². The molecule has 0 bridgehead atoms. The van der Waals surface area contributed by atoms with Crippen LogP contribution in [0, 0.1) is 5.82 Å². The molecule has 0 aromatic heterocycles. The number of nitrogens with one attached hydrogen (secondary N) is 1. The summed E-state index contributed by atoms with van der Waals surface area (Å²) < 4.78 is 18.6. The van der Waals surface area contributed by atoms with Gasteiger partial charge in [0.2, 0.25) is 5.91 Å². The number of Topliss-reactive ketones (excluding diaryl/α,β-unsaturated/α-hetero) is 1. The molecule has 0 saturated heterocycles. The Kier molecular flexibility index (Phi) is 5.39. The number of hydrogen-bond donors (Lipinski definition) is 1. The summed E-state index contributed by atoms with van der Waals surface area (Å²) in [6, 6.07) is 17.0. The van der Waals surface area contributed by atoms with Crippen molar-refractivity contribution in [3.63, 3.8) is 0 Å². The van der Waals surface area contributed by atoms with E-state index in [-0.39, 0.29) is 24.1 Å². The lowest BCUT2D eigenvalue weighted by molar-refractivity contribution is -0.116. The minimum Gasteiger partial charge on any atom is -0.485 e. The van der Waals surface area contributed by atoms with Crippen LogP contribution in [0.4, 0.5) is 10.1 Å². The molecule has 0 unspecified atom stereocenters. The Morgan fingerprint density at radius 1 is 0.867 bits per heavy atom. The fourth-order valence-electron chi connectivity index (χ4n) is 3.26. The van der Waals surface area contributed by atoms with Crippen LogP contribution in [0.1, 0.15) is 38.3 Å². The number of hydrogen-bond acceptors (Lipinski definition) is 4. The average molecular weight is 403 g/mol. The number of anilines is 1. The van der Waals surface area contributed by atoms with Crippen LogP contribution in [0.25, 0.3) is 0 Å². The van der Waals surface area contributed by atoms with Crippen molar-refractivity contribution >= 4 is 23.2 Å². The quantitative estimate of drug-likeness (QED) is 0.626. The van der Waals surface area contributed by atoms with E-state index >= 15 is 0 Å². The molecule has 6 heteroatoms. The van der Waals surface area contributed by atoms with Crippen LogP contribution >= 0.6 is 0 Å². The van der Waals surface area contributed by atoms with Gasteiger partial charge in [-0.2, -0.15) is 0 Å². The van der Waals surface area contributed by atoms with E-state index in [4.69, 9.17) is 4.74 Å². The first-order valence-corrected chi connectivity index (χ1v) is 9.49. The zero-order chi connectivity index (χ0) is 21.1. The molecule has 1 aliphatic heterocycles. The van der Waals surface area contributed by atoms with Gasteiger partial charge < -0.3 is 10.1 Å². The van der Waals surface area contributed by atoms with Gasteiger partial charge in [-0.15, -0.1) is 0 Å².